The van der Waals surface area contributed by atoms with E-state index in [4.69, 9.17) is 0 Å². The molecule has 0 saturated heterocycles. The third-order valence-corrected chi connectivity index (χ3v) is 2.04. The van der Waals surface area contributed by atoms with Crippen LogP contribution < -0.4 is 5.43 Å². The summed E-state index contributed by atoms with van der Waals surface area (Å²) in [4.78, 5) is 0. The van der Waals surface area contributed by atoms with Gasteiger partial charge in [-0.25, -0.2) is 0 Å². The predicted octanol–water partition coefficient (Wildman–Crippen LogP) is 2.53. The van der Waals surface area contributed by atoms with Crippen molar-refractivity contribution in [2.24, 2.45) is 12.1 Å². The minimum Gasteiger partial charge on any atom is -0.270 e. The summed E-state index contributed by atoms with van der Waals surface area (Å²) in [5.41, 5.74) is 5.21. The number of aryl methyl sites for hydroxylation is 1. The highest BCUT2D eigenvalue weighted by Gasteiger charge is 2.19. The van der Waals surface area contributed by atoms with E-state index in [0.717, 1.165) is 11.5 Å². The highest BCUT2D eigenvalue weighted by Crippen LogP contribution is 2.23. The summed E-state index contributed by atoms with van der Waals surface area (Å²) in [6.45, 7) is 10.4. The number of hydrazone groups is 1. The van der Waals surface area contributed by atoms with Crippen LogP contribution in [0.4, 0.5) is 5.82 Å². The second-order valence-electron chi connectivity index (χ2n) is 4.96. The van der Waals surface area contributed by atoms with Crippen LogP contribution in [0.1, 0.15) is 40.3 Å². The number of anilines is 1. The SMILES string of the molecule is CC(C)=NNc1cc(C(C)(C)C)n(C)n1. The summed E-state index contributed by atoms with van der Waals surface area (Å²) >= 11 is 0. The van der Waals surface area contributed by atoms with Crippen LogP contribution >= 0.6 is 0 Å². The van der Waals surface area contributed by atoms with E-state index in [1.54, 1.807) is 0 Å². The van der Waals surface area contributed by atoms with Gasteiger partial charge in [0.05, 0.1) is 0 Å². The largest absolute Gasteiger partial charge is 0.270 e. The molecule has 1 aromatic rings. The lowest BCUT2D eigenvalue weighted by molar-refractivity contribution is 0.523. The van der Waals surface area contributed by atoms with Crippen LogP contribution in [0.3, 0.4) is 0 Å². The summed E-state index contributed by atoms with van der Waals surface area (Å²) < 4.78 is 1.89. The van der Waals surface area contributed by atoms with Gasteiger partial charge in [0.1, 0.15) is 0 Å². The third-order valence-electron chi connectivity index (χ3n) is 2.04. The first-order valence-electron chi connectivity index (χ1n) is 5.12. The zero-order chi connectivity index (χ0) is 11.6. The first-order valence-corrected chi connectivity index (χ1v) is 5.12. The van der Waals surface area contributed by atoms with Crippen molar-refractivity contribution in [3.8, 4) is 0 Å². The van der Waals surface area contributed by atoms with Crippen LogP contribution in [0, 0.1) is 0 Å². The molecule has 0 atom stereocenters. The molecule has 1 N–H and O–H groups in total. The van der Waals surface area contributed by atoms with Gasteiger partial charge >= 0.3 is 0 Å². The Bertz CT molecular complexity index is 364. The lowest BCUT2D eigenvalue weighted by atomic mass is 9.92. The Kier molecular flexibility index (Phi) is 3.17. The molecule has 0 aliphatic rings. The molecule has 0 aliphatic heterocycles. The van der Waals surface area contributed by atoms with Crippen molar-refractivity contribution < 1.29 is 0 Å². The molecule has 1 heterocycles. The van der Waals surface area contributed by atoms with Crippen molar-refractivity contribution in [1.29, 1.82) is 0 Å². The Morgan fingerprint density at radius 2 is 2.00 bits per heavy atom. The fourth-order valence-corrected chi connectivity index (χ4v) is 1.39. The van der Waals surface area contributed by atoms with Gasteiger partial charge in [0.2, 0.25) is 0 Å². The van der Waals surface area contributed by atoms with Gasteiger partial charge in [0.15, 0.2) is 5.82 Å². The summed E-state index contributed by atoms with van der Waals surface area (Å²) in [6, 6.07) is 2.03. The molecule has 0 aliphatic carbocycles. The summed E-state index contributed by atoms with van der Waals surface area (Å²) in [5.74, 6) is 0.795. The van der Waals surface area contributed by atoms with Gasteiger partial charge in [-0.05, 0) is 13.8 Å². The molecule has 0 unspecified atom stereocenters. The van der Waals surface area contributed by atoms with Crippen molar-refractivity contribution in [3.05, 3.63) is 11.8 Å². The van der Waals surface area contributed by atoms with E-state index in [1.807, 2.05) is 31.6 Å². The molecule has 15 heavy (non-hydrogen) atoms. The van der Waals surface area contributed by atoms with Crippen LogP contribution in [-0.2, 0) is 12.5 Å². The smallest absolute Gasteiger partial charge is 0.168 e. The molecule has 0 spiro atoms. The molecular weight excluding hydrogens is 188 g/mol. The maximum atomic E-state index is 4.35. The second-order valence-corrected chi connectivity index (χ2v) is 4.96. The Morgan fingerprint density at radius 3 is 2.40 bits per heavy atom. The number of rotatable bonds is 2. The highest BCUT2D eigenvalue weighted by atomic mass is 15.4. The van der Waals surface area contributed by atoms with Crippen LogP contribution in [0.2, 0.25) is 0 Å². The standard InChI is InChI=1S/C11H20N4/c1-8(2)12-13-10-7-9(11(3,4)5)15(6)14-10/h7H,1-6H3,(H,13,14). The van der Waals surface area contributed by atoms with Crippen LogP contribution in [-0.4, -0.2) is 15.5 Å². The van der Waals surface area contributed by atoms with Gasteiger partial charge in [-0.15, -0.1) is 0 Å². The molecule has 0 fully saturated rings. The Morgan fingerprint density at radius 1 is 1.40 bits per heavy atom. The molecule has 4 nitrogen and oxygen atoms in total. The van der Waals surface area contributed by atoms with E-state index in [1.165, 1.54) is 5.69 Å². The third kappa shape index (κ3) is 3.08. The summed E-state index contributed by atoms with van der Waals surface area (Å²) in [5, 5.41) is 8.47. The van der Waals surface area contributed by atoms with Crippen LogP contribution in [0.5, 0.6) is 0 Å². The molecule has 0 radical (unpaired) electrons. The fourth-order valence-electron chi connectivity index (χ4n) is 1.39. The fraction of sp³-hybridized carbons (Fsp3) is 0.636. The lowest BCUT2D eigenvalue weighted by Crippen LogP contribution is -2.16. The van der Waals surface area contributed by atoms with Crippen LogP contribution in [0.25, 0.3) is 0 Å². The minimum absolute atomic E-state index is 0.104. The average molecular weight is 208 g/mol. The molecule has 0 bridgehead atoms. The number of nitrogens with one attached hydrogen (secondary N) is 1. The molecule has 0 amide bonds. The monoisotopic (exact) mass is 208 g/mol. The normalized spacial score (nSPS) is 11.3. The summed E-state index contributed by atoms with van der Waals surface area (Å²) in [6.07, 6.45) is 0. The first kappa shape index (κ1) is 11.8. The zero-order valence-corrected chi connectivity index (χ0v) is 10.4. The predicted molar refractivity (Wildman–Crippen MR) is 64.3 cm³/mol. The van der Waals surface area contributed by atoms with E-state index >= 15 is 0 Å². The van der Waals surface area contributed by atoms with Gasteiger partial charge < -0.3 is 0 Å². The quantitative estimate of drug-likeness (QED) is 0.599. The maximum absolute atomic E-state index is 4.35. The summed E-state index contributed by atoms with van der Waals surface area (Å²) in [7, 11) is 1.95. The topological polar surface area (TPSA) is 42.2 Å². The minimum atomic E-state index is 0.104. The molecule has 0 saturated carbocycles. The van der Waals surface area contributed by atoms with Crippen LogP contribution in [0.15, 0.2) is 11.2 Å². The van der Waals surface area contributed by atoms with Gasteiger partial charge in [-0.2, -0.15) is 10.2 Å². The number of hydrogen-bond donors (Lipinski definition) is 1. The number of aromatic nitrogens is 2. The first-order chi connectivity index (χ1) is 6.80. The molecular formula is C11H20N4. The van der Waals surface area contributed by atoms with E-state index in [0.29, 0.717) is 0 Å². The van der Waals surface area contributed by atoms with Gasteiger partial charge in [-0.1, -0.05) is 20.8 Å². The number of nitrogens with zero attached hydrogens (tertiary/aromatic N) is 3. The van der Waals surface area contributed by atoms with Crippen molar-refractivity contribution in [2.75, 3.05) is 5.43 Å². The lowest BCUT2D eigenvalue weighted by Gasteiger charge is -2.17. The zero-order valence-electron chi connectivity index (χ0n) is 10.4. The second kappa shape index (κ2) is 4.04. The number of hydrogen-bond acceptors (Lipinski definition) is 3. The van der Waals surface area contributed by atoms with E-state index in [2.05, 4.69) is 36.4 Å². The van der Waals surface area contributed by atoms with Crippen molar-refractivity contribution in [2.45, 2.75) is 40.0 Å². The average Bonchev–Trinajstić information content (AvgIpc) is 2.42. The Balaban J connectivity index is 2.92. The Hall–Kier alpha value is -1.32. The molecule has 0 aromatic carbocycles. The molecule has 1 rings (SSSR count). The molecule has 1 aromatic heterocycles. The van der Waals surface area contributed by atoms with E-state index in [9.17, 15) is 0 Å². The van der Waals surface area contributed by atoms with E-state index in [-0.39, 0.29) is 5.41 Å². The molecule has 4 heteroatoms. The maximum Gasteiger partial charge on any atom is 0.168 e. The van der Waals surface area contributed by atoms with Crippen molar-refractivity contribution in [3.63, 3.8) is 0 Å². The van der Waals surface area contributed by atoms with Gasteiger partial charge in [0.25, 0.3) is 0 Å². The van der Waals surface area contributed by atoms with E-state index < -0.39 is 0 Å². The molecule has 84 valence electrons. The van der Waals surface area contributed by atoms with Gasteiger partial charge in [0, 0.05) is 29.9 Å². The van der Waals surface area contributed by atoms with Gasteiger partial charge in [-0.3, -0.25) is 10.1 Å². The highest BCUT2D eigenvalue weighted by molar-refractivity contribution is 5.79. The van der Waals surface area contributed by atoms with Crippen molar-refractivity contribution >= 4 is 11.5 Å². The van der Waals surface area contributed by atoms with Crippen molar-refractivity contribution in [1.82, 2.24) is 9.78 Å². The Labute approximate surface area is 91.4 Å².